The molecule has 0 bridgehead atoms. The topological polar surface area (TPSA) is 91.0 Å². The molecule has 7 heteroatoms. The van der Waals surface area contributed by atoms with Gasteiger partial charge in [0.2, 0.25) is 5.60 Å². The Morgan fingerprint density at radius 2 is 2.44 bits per heavy atom. The monoisotopic (exact) mass is 256 g/mol. The maximum Gasteiger partial charge on any atom is 0.356 e. The molecule has 0 radical (unpaired) electrons. The van der Waals surface area contributed by atoms with E-state index in [9.17, 15) is 14.9 Å². The average Bonchev–Trinajstić information content (AvgIpc) is 2.74. The van der Waals surface area contributed by atoms with Gasteiger partial charge in [-0.2, -0.15) is 0 Å². The van der Waals surface area contributed by atoms with Crippen LogP contribution in [0.3, 0.4) is 0 Å². The summed E-state index contributed by atoms with van der Waals surface area (Å²) in [4.78, 5) is 27.6. The highest BCUT2D eigenvalue weighted by Gasteiger charge is 2.55. The zero-order valence-electron chi connectivity index (χ0n) is 10.3. The summed E-state index contributed by atoms with van der Waals surface area (Å²) >= 11 is 0. The number of hydrogen-bond donors (Lipinski definition) is 0. The van der Waals surface area contributed by atoms with Gasteiger partial charge in [0.05, 0.1) is 13.0 Å². The van der Waals surface area contributed by atoms with Crippen LogP contribution in [-0.4, -0.2) is 34.9 Å². The van der Waals surface area contributed by atoms with Crippen LogP contribution in [0, 0.1) is 10.1 Å². The first kappa shape index (κ1) is 12.8. The molecule has 0 saturated heterocycles. The van der Waals surface area contributed by atoms with Crippen molar-refractivity contribution in [2.75, 3.05) is 6.61 Å². The molecule has 1 spiro atoms. The third kappa shape index (κ3) is 2.16. The number of ether oxygens (including phenoxy) is 1. The van der Waals surface area contributed by atoms with E-state index in [4.69, 9.17) is 9.57 Å². The van der Waals surface area contributed by atoms with Crippen LogP contribution in [0.15, 0.2) is 5.16 Å². The van der Waals surface area contributed by atoms with Crippen molar-refractivity contribution < 1.29 is 19.3 Å². The summed E-state index contributed by atoms with van der Waals surface area (Å²) in [6.45, 7) is 1.95. The van der Waals surface area contributed by atoms with E-state index in [0.717, 1.165) is 12.8 Å². The molecule has 1 aliphatic heterocycles. The molecule has 1 aliphatic carbocycles. The Bertz CT molecular complexity index is 395. The summed E-state index contributed by atoms with van der Waals surface area (Å²) in [5.41, 5.74) is -0.783. The molecule has 7 nitrogen and oxygen atoms in total. The van der Waals surface area contributed by atoms with Crippen LogP contribution in [0.4, 0.5) is 0 Å². The summed E-state index contributed by atoms with van der Waals surface area (Å²) in [5.74, 6) is -0.540. The molecule has 1 fully saturated rings. The van der Waals surface area contributed by atoms with Crippen molar-refractivity contribution in [3.8, 4) is 0 Å². The lowest BCUT2D eigenvalue weighted by atomic mass is 9.77. The zero-order valence-corrected chi connectivity index (χ0v) is 10.3. The smallest absolute Gasteiger partial charge is 0.356 e. The maximum atomic E-state index is 11.5. The Morgan fingerprint density at radius 1 is 1.67 bits per heavy atom. The number of carbonyl (C=O) groups is 1. The van der Waals surface area contributed by atoms with Gasteiger partial charge in [-0.3, -0.25) is 10.1 Å². The lowest BCUT2D eigenvalue weighted by molar-refractivity contribution is -0.550. The summed E-state index contributed by atoms with van der Waals surface area (Å²) in [7, 11) is 0. The van der Waals surface area contributed by atoms with Crippen LogP contribution in [0.1, 0.15) is 39.0 Å². The van der Waals surface area contributed by atoms with Crippen LogP contribution in [0.2, 0.25) is 0 Å². The van der Waals surface area contributed by atoms with Gasteiger partial charge in [-0.15, -0.1) is 0 Å². The normalized spacial score (nSPS) is 30.7. The molecule has 2 rings (SSSR count). The van der Waals surface area contributed by atoms with Crippen LogP contribution in [0.25, 0.3) is 0 Å². The van der Waals surface area contributed by atoms with E-state index in [0.29, 0.717) is 12.8 Å². The third-order valence-electron chi connectivity index (χ3n) is 3.50. The summed E-state index contributed by atoms with van der Waals surface area (Å²) < 4.78 is 4.84. The minimum atomic E-state index is -0.941. The molecular formula is C11H16N2O5. The predicted molar refractivity (Wildman–Crippen MR) is 61.8 cm³/mol. The van der Waals surface area contributed by atoms with Crippen molar-refractivity contribution in [2.45, 2.75) is 50.7 Å². The Labute approximate surface area is 104 Å². The van der Waals surface area contributed by atoms with Crippen LogP contribution < -0.4 is 0 Å². The first-order valence-electron chi connectivity index (χ1n) is 6.15. The van der Waals surface area contributed by atoms with Gasteiger partial charge in [-0.1, -0.05) is 5.16 Å². The van der Waals surface area contributed by atoms with Crippen LogP contribution in [-0.2, 0) is 14.4 Å². The fourth-order valence-electron chi connectivity index (χ4n) is 2.62. The molecule has 0 aromatic rings. The van der Waals surface area contributed by atoms with Crippen molar-refractivity contribution in [1.29, 1.82) is 0 Å². The van der Waals surface area contributed by atoms with Gasteiger partial charge in [0.25, 0.3) is 6.04 Å². The number of nitro groups is 1. The molecule has 1 heterocycles. The van der Waals surface area contributed by atoms with Gasteiger partial charge in [0.15, 0.2) is 5.71 Å². The number of rotatable bonds is 3. The Morgan fingerprint density at radius 3 is 3.11 bits per heavy atom. The Kier molecular flexibility index (Phi) is 3.49. The first-order chi connectivity index (χ1) is 8.59. The molecule has 0 N–H and O–H groups in total. The molecule has 0 amide bonds. The van der Waals surface area contributed by atoms with Crippen molar-refractivity contribution >= 4 is 11.7 Å². The van der Waals surface area contributed by atoms with E-state index >= 15 is 0 Å². The van der Waals surface area contributed by atoms with Gasteiger partial charge < -0.3 is 9.57 Å². The third-order valence-corrected chi connectivity index (χ3v) is 3.50. The lowest BCUT2D eigenvalue weighted by Gasteiger charge is -2.32. The van der Waals surface area contributed by atoms with Gasteiger partial charge in [0, 0.05) is 11.3 Å². The minimum Gasteiger partial charge on any atom is -0.461 e. The number of carbonyl (C=O) groups excluding carboxylic acids is 1. The summed E-state index contributed by atoms with van der Waals surface area (Å²) in [6.07, 6.45) is 2.88. The summed E-state index contributed by atoms with van der Waals surface area (Å²) in [5, 5.41) is 14.8. The molecule has 2 atom stereocenters. The van der Waals surface area contributed by atoms with E-state index in [1.54, 1.807) is 6.92 Å². The van der Waals surface area contributed by atoms with Gasteiger partial charge >= 0.3 is 5.97 Å². The highest BCUT2D eigenvalue weighted by Crippen LogP contribution is 2.40. The molecule has 2 aliphatic rings. The Balaban J connectivity index is 2.10. The minimum absolute atomic E-state index is 0.158. The second-order valence-corrected chi connectivity index (χ2v) is 4.64. The number of esters is 1. The summed E-state index contributed by atoms with van der Waals surface area (Å²) in [6, 6.07) is -0.790. The molecule has 2 unspecified atom stereocenters. The standard InChI is InChI=1S/C11H16N2O5/c1-2-17-10(14)8-7-11(18-12-8)6-4-3-5-9(11)13(15)16/h9H,2-7H2,1H3. The van der Waals surface area contributed by atoms with E-state index in [1.807, 2.05) is 0 Å². The average molecular weight is 256 g/mol. The number of hydrogen-bond acceptors (Lipinski definition) is 6. The van der Waals surface area contributed by atoms with E-state index < -0.39 is 17.6 Å². The molecule has 18 heavy (non-hydrogen) atoms. The first-order valence-corrected chi connectivity index (χ1v) is 6.15. The fraction of sp³-hybridized carbons (Fsp3) is 0.818. The van der Waals surface area contributed by atoms with Crippen molar-refractivity contribution in [3.05, 3.63) is 10.1 Å². The second-order valence-electron chi connectivity index (χ2n) is 4.64. The molecule has 100 valence electrons. The molecular weight excluding hydrogens is 240 g/mol. The second kappa shape index (κ2) is 4.91. The SMILES string of the molecule is CCOC(=O)C1=NOC2(CCCCC2[N+](=O)[O-])C1. The van der Waals surface area contributed by atoms with Gasteiger partial charge in [-0.05, 0) is 26.2 Å². The quantitative estimate of drug-likeness (QED) is 0.431. The van der Waals surface area contributed by atoms with Crippen molar-refractivity contribution in [3.63, 3.8) is 0 Å². The van der Waals surface area contributed by atoms with E-state index in [-0.39, 0.29) is 23.7 Å². The number of nitrogens with zero attached hydrogens (tertiary/aromatic N) is 2. The molecule has 0 aromatic heterocycles. The highest BCUT2D eigenvalue weighted by atomic mass is 16.7. The van der Waals surface area contributed by atoms with Gasteiger partial charge in [0.1, 0.15) is 0 Å². The zero-order chi connectivity index (χ0) is 13.2. The van der Waals surface area contributed by atoms with E-state index in [1.165, 1.54) is 0 Å². The number of oxime groups is 1. The maximum absolute atomic E-state index is 11.5. The van der Waals surface area contributed by atoms with Crippen LogP contribution in [0.5, 0.6) is 0 Å². The molecule has 0 aromatic carbocycles. The molecule has 1 saturated carbocycles. The van der Waals surface area contributed by atoms with Crippen molar-refractivity contribution in [1.82, 2.24) is 0 Å². The predicted octanol–water partition coefficient (Wildman–Crippen LogP) is 1.28. The highest BCUT2D eigenvalue weighted by molar-refractivity contribution is 6.36. The van der Waals surface area contributed by atoms with E-state index in [2.05, 4.69) is 5.16 Å². The van der Waals surface area contributed by atoms with Crippen LogP contribution >= 0.6 is 0 Å². The lowest BCUT2D eigenvalue weighted by Crippen LogP contribution is -2.49. The Hall–Kier alpha value is -1.66. The fourth-order valence-corrected chi connectivity index (χ4v) is 2.62. The van der Waals surface area contributed by atoms with Crippen molar-refractivity contribution in [2.24, 2.45) is 5.16 Å². The van der Waals surface area contributed by atoms with Gasteiger partial charge in [-0.25, -0.2) is 4.79 Å². The largest absolute Gasteiger partial charge is 0.461 e.